The Morgan fingerprint density at radius 1 is 1.73 bits per heavy atom. The number of rotatable bonds is 5. The van der Waals surface area contributed by atoms with Crippen molar-refractivity contribution in [3.05, 3.63) is 23.7 Å². The van der Waals surface area contributed by atoms with Crippen LogP contribution in [0.1, 0.15) is 12.1 Å². The molecule has 0 atom stereocenters. The first-order valence-electron chi connectivity index (χ1n) is 3.51. The molecule has 0 fully saturated rings. The fraction of sp³-hybridized carbons (Fsp3) is 0.429. The highest BCUT2D eigenvalue weighted by molar-refractivity contribution is 7.03. The molecule has 60 valence electrons. The van der Waals surface area contributed by atoms with Gasteiger partial charge >= 0.3 is 0 Å². The van der Waals surface area contributed by atoms with Crippen molar-refractivity contribution in [3.63, 3.8) is 0 Å². The molecular weight excluding hydrogens is 158 g/mol. The van der Waals surface area contributed by atoms with Crippen LogP contribution in [0.5, 0.6) is 0 Å². The van der Waals surface area contributed by atoms with Gasteiger partial charge in [0.05, 0.1) is 5.69 Å². The van der Waals surface area contributed by atoms with Gasteiger partial charge in [-0.15, -0.1) is 11.7 Å². The van der Waals surface area contributed by atoms with Gasteiger partial charge in [-0.3, -0.25) is 0 Å². The van der Waals surface area contributed by atoms with Crippen LogP contribution in [0.25, 0.3) is 0 Å². The lowest BCUT2D eigenvalue weighted by molar-refractivity contribution is 0.681. The molecule has 0 amide bonds. The van der Waals surface area contributed by atoms with E-state index in [1.807, 2.05) is 11.5 Å². The lowest BCUT2D eigenvalue weighted by atomic mass is 10.4. The van der Waals surface area contributed by atoms with Gasteiger partial charge in [-0.2, -0.15) is 0 Å². The van der Waals surface area contributed by atoms with E-state index in [1.54, 1.807) is 0 Å². The fourth-order valence-electron chi connectivity index (χ4n) is 0.682. The quantitative estimate of drug-likeness (QED) is 0.531. The topological polar surface area (TPSA) is 37.8 Å². The van der Waals surface area contributed by atoms with Crippen molar-refractivity contribution in [1.82, 2.24) is 14.9 Å². The van der Waals surface area contributed by atoms with Gasteiger partial charge < -0.3 is 5.32 Å². The average molecular weight is 169 g/mol. The molecule has 0 aliphatic heterocycles. The summed E-state index contributed by atoms with van der Waals surface area (Å²) in [6, 6.07) is 0. The summed E-state index contributed by atoms with van der Waals surface area (Å²) >= 11 is 1.38. The van der Waals surface area contributed by atoms with E-state index in [4.69, 9.17) is 0 Å². The molecule has 0 saturated heterocycles. The van der Waals surface area contributed by atoms with Crippen molar-refractivity contribution in [1.29, 1.82) is 0 Å². The Kier molecular flexibility index (Phi) is 3.79. The zero-order valence-corrected chi connectivity index (χ0v) is 7.10. The Morgan fingerprint density at radius 3 is 3.27 bits per heavy atom. The minimum absolute atomic E-state index is 0.810. The molecule has 0 aliphatic carbocycles. The predicted molar refractivity (Wildman–Crippen MR) is 46.4 cm³/mol. The zero-order valence-electron chi connectivity index (χ0n) is 6.29. The summed E-state index contributed by atoms with van der Waals surface area (Å²) in [7, 11) is 0. The van der Waals surface area contributed by atoms with Crippen molar-refractivity contribution in [2.75, 3.05) is 6.54 Å². The van der Waals surface area contributed by atoms with Crippen LogP contribution in [-0.2, 0) is 6.54 Å². The largest absolute Gasteiger partial charge is 0.311 e. The smallest absolute Gasteiger partial charge is 0.0893 e. The molecule has 1 N–H and O–H groups in total. The Hall–Kier alpha value is -0.740. The maximum absolute atomic E-state index is 3.89. The molecule has 0 unspecified atom stereocenters. The van der Waals surface area contributed by atoms with Crippen LogP contribution >= 0.6 is 11.5 Å². The van der Waals surface area contributed by atoms with Crippen LogP contribution in [0.15, 0.2) is 18.0 Å². The molecule has 1 heterocycles. The summed E-state index contributed by atoms with van der Waals surface area (Å²) in [5, 5.41) is 9.06. The van der Waals surface area contributed by atoms with Crippen molar-refractivity contribution in [2.45, 2.75) is 13.0 Å². The average Bonchev–Trinajstić information content (AvgIpc) is 2.50. The van der Waals surface area contributed by atoms with E-state index in [-0.39, 0.29) is 0 Å². The monoisotopic (exact) mass is 169 g/mol. The van der Waals surface area contributed by atoms with Crippen LogP contribution in [0.4, 0.5) is 0 Å². The molecule has 1 aromatic rings. The van der Waals surface area contributed by atoms with Gasteiger partial charge in [0.25, 0.3) is 0 Å². The number of nitrogens with one attached hydrogen (secondary N) is 1. The Labute approximate surface area is 70.3 Å². The van der Waals surface area contributed by atoms with Crippen LogP contribution in [-0.4, -0.2) is 16.1 Å². The summed E-state index contributed by atoms with van der Waals surface area (Å²) < 4.78 is 3.75. The highest BCUT2D eigenvalue weighted by atomic mass is 32.1. The van der Waals surface area contributed by atoms with Gasteiger partial charge in [-0.25, -0.2) is 0 Å². The minimum Gasteiger partial charge on any atom is -0.311 e. The molecule has 3 nitrogen and oxygen atoms in total. The van der Waals surface area contributed by atoms with Gasteiger partial charge in [0.2, 0.25) is 0 Å². The van der Waals surface area contributed by atoms with Crippen LogP contribution in [0.3, 0.4) is 0 Å². The third-order valence-corrected chi connectivity index (χ3v) is 1.79. The van der Waals surface area contributed by atoms with E-state index < -0.39 is 0 Å². The molecule has 0 aromatic carbocycles. The third-order valence-electron chi connectivity index (χ3n) is 1.24. The summed E-state index contributed by atoms with van der Waals surface area (Å²) in [6.45, 7) is 5.40. The Bertz CT molecular complexity index is 195. The normalized spacial score (nSPS) is 9.82. The lowest BCUT2D eigenvalue weighted by Gasteiger charge is -1.97. The standard InChI is InChI=1S/C7H11N3S/c1-2-3-4-8-5-7-6-11-10-9-7/h2,6,8H,1,3-5H2. The van der Waals surface area contributed by atoms with E-state index in [2.05, 4.69) is 21.5 Å². The second-order valence-corrected chi connectivity index (χ2v) is 2.76. The van der Waals surface area contributed by atoms with Crippen LogP contribution < -0.4 is 5.32 Å². The Balaban J connectivity index is 2.09. The maximum atomic E-state index is 3.89. The summed E-state index contributed by atoms with van der Waals surface area (Å²) in [6.07, 6.45) is 2.89. The molecule has 0 spiro atoms. The van der Waals surface area contributed by atoms with Gasteiger partial charge in [0, 0.05) is 11.9 Å². The molecule has 0 saturated carbocycles. The summed E-state index contributed by atoms with van der Waals surface area (Å²) in [5.74, 6) is 0. The zero-order chi connectivity index (χ0) is 7.94. The molecule has 0 aliphatic rings. The maximum Gasteiger partial charge on any atom is 0.0893 e. The molecule has 11 heavy (non-hydrogen) atoms. The number of aromatic nitrogens is 2. The molecule has 1 aromatic heterocycles. The van der Waals surface area contributed by atoms with Crippen molar-refractivity contribution >= 4 is 11.5 Å². The molecular formula is C7H11N3S. The van der Waals surface area contributed by atoms with Crippen LogP contribution in [0, 0.1) is 0 Å². The third kappa shape index (κ3) is 3.25. The number of nitrogens with zero attached hydrogens (tertiary/aromatic N) is 2. The van der Waals surface area contributed by atoms with E-state index in [0.717, 1.165) is 25.2 Å². The van der Waals surface area contributed by atoms with Crippen molar-refractivity contribution < 1.29 is 0 Å². The SMILES string of the molecule is C=CCCNCc1csnn1. The fourth-order valence-corrected chi connectivity index (χ4v) is 1.13. The number of hydrogen-bond acceptors (Lipinski definition) is 4. The van der Waals surface area contributed by atoms with Crippen LogP contribution in [0.2, 0.25) is 0 Å². The highest BCUT2D eigenvalue weighted by Gasteiger charge is 1.92. The molecule has 4 heteroatoms. The van der Waals surface area contributed by atoms with E-state index in [1.165, 1.54) is 11.5 Å². The number of hydrogen-bond donors (Lipinski definition) is 1. The van der Waals surface area contributed by atoms with Crippen molar-refractivity contribution in [2.24, 2.45) is 0 Å². The van der Waals surface area contributed by atoms with Gasteiger partial charge in [-0.1, -0.05) is 10.6 Å². The second-order valence-electron chi connectivity index (χ2n) is 2.15. The van der Waals surface area contributed by atoms with E-state index in [0.29, 0.717) is 0 Å². The second kappa shape index (κ2) is 4.98. The molecule has 0 bridgehead atoms. The summed E-state index contributed by atoms with van der Waals surface area (Å²) in [4.78, 5) is 0. The summed E-state index contributed by atoms with van der Waals surface area (Å²) in [5.41, 5.74) is 1.01. The molecule has 1 rings (SSSR count). The minimum atomic E-state index is 0.810. The molecule has 0 radical (unpaired) electrons. The van der Waals surface area contributed by atoms with E-state index >= 15 is 0 Å². The van der Waals surface area contributed by atoms with Gasteiger partial charge in [-0.05, 0) is 24.5 Å². The highest BCUT2D eigenvalue weighted by Crippen LogP contribution is 1.95. The predicted octanol–water partition coefficient (Wildman–Crippen LogP) is 1.20. The first kappa shape index (κ1) is 8.36. The van der Waals surface area contributed by atoms with Gasteiger partial charge in [0.1, 0.15) is 0 Å². The van der Waals surface area contributed by atoms with Crippen molar-refractivity contribution in [3.8, 4) is 0 Å². The van der Waals surface area contributed by atoms with Gasteiger partial charge in [0.15, 0.2) is 0 Å². The van der Waals surface area contributed by atoms with E-state index in [9.17, 15) is 0 Å². The first-order valence-corrected chi connectivity index (χ1v) is 4.34. The first-order chi connectivity index (χ1) is 5.43. The lowest BCUT2D eigenvalue weighted by Crippen LogP contribution is -2.14. The Morgan fingerprint density at radius 2 is 2.64 bits per heavy atom.